The van der Waals surface area contributed by atoms with E-state index in [0.717, 1.165) is 0 Å². The van der Waals surface area contributed by atoms with Gasteiger partial charge in [-0.2, -0.15) is 0 Å². The van der Waals surface area contributed by atoms with Crippen molar-refractivity contribution in [3.05, 3.63) is 0 Å². The van der Waals surface area contributed by atoms with Crippen molar-refractivity contribution in [3.8, 4) is 0 Å². The molecule has 0 spiro atoms. The molecule has 0 aromatic heterocycles. The summed E-state index contributed by atoms with van der Waals surface area (Å²) in [6.07, 6.45) is 0.123. The number of aliphatic carboxylic acids is 1. The minimum absolute atomic E-state index is 0.0496. The molecule has 0 fully saturated rings. The first-order valence-electron chi connectivity index (χ1n) is 2.66. The van der Waals surface area contributed by atoms with Gasteiger partial charge in [-0.05, 0) is 0 Å². The lowest BCUT2D eigenvalue weighted by Crippen LogP contribution is -2.09. The number of carboxylic acids is 1. The molecule has 0 amide bonds. The number of hydrogen-bond donors (Lipinski definition) is 1. The van der Waals surface area contributed by atoms with E-state index in [1.807, 2.05) is 0 Å². The van der Waals surface area contributed by atoms with Crippen LogP contribution in [0.25, 0.3) is 0 Å². The van der Waals surface area contributed by atoms with Crippen LogP contribution in [-0.2, 0) is 4.79 Å². The third-order valence-electron chi connectivity index (χ3n) is 0.830. The molecular formula is C5H7Br2FO2. The molecule has 0 aliphatic rings. The monoisotopic (exact) mass is 276 g/mol. The molecule has 0 aromatic carbocycles. The highest BCUT2D eigenvalue weighted by Crippen LogP contribution is 2.17. The summed E-state index contributed by atoms with van der Waals surface area (Å²) in [6, 6.07) is 0. The fourth-order valence-corrected chi connectivity index (χ4v) is 2.02. The van der Waals surface area contributed by atoms with E-state index >= 15 is 0 Å². The molecule has 60 valence electrons. The summed E-state index contributed by atoms with van der Waals surface area (Å²) in [5.41, 5.74) is 0. The van der Waals surface area contributed by atoms with Crippen LogP contribution in [0.3, 0.4) is 0 Å². The number of hydrogen-bond acceptors (Lipinski definition) is 1. The van der Waals surface area contributed by atoms with Crippen LogP contribution < -0.4 is 0 Å². The molecule has 0 radical (unpaired) electrons. The molecule has 10 heavy (non-hydrogen) atoms. The van der Waals surface area contributed by atoms with Crippen LogP contribution in [0.5, 0.6) is 0 Å². The fraction of sp³-hybridized carbons (Fsp3) is 0.800. The van der Waals surface area contributed by atoms with Gasteiger partial charge in [0, 0.05) is 11.2 Å². The third kappa shape index (κ3) is 6.48. The van der Waals surface area contributed by atoms with E-state index in [9.17, 15) is 9.18 Å². The third-order valence-corrected chi connectivity index (χ3v) is 1.90. The predicted molar refractivity (Wildman–Crippen MR) is 43.4 cm³/mol. The lowest BCUT2D eigenvalue weighted by Gasteiger charge is -2.04. The molecule has 0 rings (SSSR count). The highest BCUT2D eigenvalue weighted by atomic mass is 79.9. The van der Waals surface area contributed by atoms with E-state index in [2.05, 4.69) is 31.9 Å². The van der Waals surface area contributed by atoms with Crippen molar-refractivity contribution in [1.82, 2.24) is 0 Å². The lowest BCUT2D eigenvalue weighted by molar-refractivity contribution is -0.136. The van der Waals surface area contributed by atoms with Gasteiger partial charge in [-0.15, -0.1) is 0 Å². The Balaban J connectivity index is 3.43. The maximum atomic E-state index is 12.1. The first-order chi connectivity index (χ1) is 4.52. The van der Waals surface area contributed by atoms with Crippen LogP contribution in [0.2, 0.25) is 0 Å². The largest absolute Gasteiger partial charge is 0.481 e. The second-order valence-corrected chi connectivity index (χ2v) is 4.11. The van der Waals surface area contributed by atoms with Gasteiger partial charge in [0.25, 0.3) is 0 Å². The molecule has 2 nitrogen and oxygen atoms in total. The van der Waals surface area contributed by atoms with Crippen LogP contribution in [0, 0.1) is 0 Å². The molecule has 0 aliphatic carbocycles. The van der Waals surface area contributed by atoms with E-state index in [-0.39, 0.29) is 17.7 Å². The Morgan fingerprint density at radius 3 is 2.40 bits per heavy atom. The summed E-state index contributed by atoms with van der Waals surface area (Å²) in [5, 5.41) is 7.10. The van der Waals surface area contributed by atoms with Gasteiger partial charge in [0.05, 0.1) is 6.42 Å². The van der Waals surface area contributed by atoms with Crippen LogP contribution in [0.1, 0.15) is 12.8 Å². The van der Waals surface area contributed by atoms with Crippen LogP contribution in [0.15, 0.2) is 0 Å². The molecule has 2 unspecified atom stereocenters. The van der Waals surface area contributed by atoms with E-state index in [4.69, 9.17) is 5.11 Å². The van der Waals surface area contributed by atoms with Gasteiger partial charge in [0.1, 0.15) is 0 Å². The van der Waals surface area contributed by atoms with E-state index in [1.54, 1.807) is 0 Å². The highest BCUT2D eigenvalue weighted by molar-refractivity contribution is 9.10. The first kappa shape index (κ1) is 10.4. The Kier molecular flexibility index (Phi) is 5.25. The molecule has 1 N–H and O–H groups in total. The minimum Gasteiger partial charge on any atom is -0.481 e. The highest BCUT2D eigenvalue weighted by Gasteiger charge is 2.13. The van der Waals surface area contributed by atoms with Gasteiger partial charge in [-0.1, -0.05) is 31.9 Å². The number of carbonyl (C=O) groups is 1. The number of alkyl halides is 3. The molecule has 0 saturated heterocycles. The zero-order valence-electron chi connectivity index (χ0n) is 5.06. The summed E-state index contributed by atoms with van der Waals surface area (Å²) in [6.45, 7) is 0. The van der Waals surface area contributed by atoms with E-state index in [1.165, 1.54) is 0 Å². The van der Waals surface area contributed by atoms with Crippen LogP contribution in [-0.4, -0.2) is 21.0 Å². The number of carboxylic acid groups (broad SMARTS) is 1. The fourth-order valence-electron chi connectivity index (χ4n) is 0.466. The first-order valence-corrected chi connectivity index (χ1v) is 4.49. The summed E-state index contributed by atoms with van der Waals surface area (Å²) in [7, 11) is 0. The Labute approximate surface area is 75.1 Å². The Bertz CT molecular complexity index is 118. The van der Waals surface area contributed by atoms with Crippen LogP contribution >= 0.6 is 31.9 Å². The quantitative estimate of drug-likeness (QED) is 0.801. The van der Waals surface area contributed by atoms with Gasteiger partial charge in [0.15, 0.2) is 5.08 Å². The number of rotatable bonds is 4. The second kappa shape index (κ2) is 5.07. The standard InChI is InChI=1S/C5H7Br2FO2/c6-3(1-4(7)8)2-5(9)10/h3-4H,1-2H2,(H,9,10). The average Bonchev–Trinajstić information content (AvgIpc) is 1.58. The van der Waals surface area contributed by atoms with Gasteiger partial charge in [-0.3, -0.25) is 4.79 Å². The summed E-state index contributed by atoms with van der Waals surface area (Å²) in [5.74, 6) is -0.921. The normalized spacial score (nSPS) is 16.3. The number of halogens is 3. The molecular weight excluding hydrogens is 271 g/mol. The Morgan fingerprint density at radius 2 is 2.10 bits per heavy atom. The van der Waals surface area contributed by atoms with Gasteiger partial charge >= 0.3 is 5.97 Å². The predicted octanol–water partition coefficient (Wildman–Crippen LogP) is 2.31. The summed E-state index contributed by atoms with van der Waals surface area (Å²) >= 11 is 5.70. The van der Waals surface area contributed by atoms with E-state index < -0.39 is 11.1 Å². The second-order valence-electron chi connectivity index (χ2n) is 1.82. The van der Waals surface area contributed by atoms with Crippen molar-refractivity contribution in [2.24, 2.45) is 0 Å². The van der Waals surface area contributed by atoms with Crippen LogP contribution in [0.4, 0.5) is 4.39 Å². The maximum Gasteiger partial charge on any atom is 0.304 e. The zero-order chi connectivity index (χ0) is 8.15. The van der Waals surface area contributed by atoms with Crippen molar-refractivity contribution in [1.29, 1.82) is 0 Å². The van der Waals surface area contributed by atoms with E-state index in [0.29, 0.717) is 0 Å². The summed E-state index contributed by atoms with van der Waals surface area (Å²) in [4.78, 5) is 9.73. The molecule has 2 atom stereocenters. The molecule has 0 saturated carbocycles. The summed E-state index contributed by atoms with van der Waals surface area (Å²) < 4.78 is 12.1. The average molecular weight is 278 g/mol. The van der Waals surface area contributed by atoms with Crippen molar-refractivity contribution in [3.63, 3.8) is 0 Å². The Hall–Kier alpha value is 0.360. The van der Waals surface area contributed by atoms with Gasteiger partial charge in [-0.25, -0.2) is 4.39 Å². The van der Waals surface area contributed by atoms with Gasteiger partial charge in [0.2, 0.25) is 0 Å². The molecule has 0 aromatic rings. The molecule has 5 heteroatoms. The molecule has 0 heterocycles. The van der Waals surface area contributed by atoms with Crippen molar-refractivity contribution < 1.29 is 14.3 Å². The molecule has 0 bridgehead atoms. The topological polar surface area (TPSA) is 37.3 Å². The van der Waals surface area contributed by atoms with Crippen molar-refractivity contribution in [2.75, 3.05) is 0 Å². The van der Waals surface area contributed by atoms with Crippen molar-refractivity contribution >= 4 is 37.8 Å². The smallest absolute Gasteiger partial charge is 0.304 e. The minimum atomic E-state index is -1.13. The van der Waals surface area contributed by atoms with Crippen molar-refractivity contribution in [2.45, 2.75) is 22.7 Å². The van der Waals surface area contributed by atoms with Gasteiger partial charge < -0.3 is 5.11 Å². The molecule has 0 aliphatic heterocycles. The SMILES string of the molecule is O=C(O)CC(Br)CC(F)Br. The zero-order valence-corrected chi connectivity index (χ0v) is 8.23. The Morgan fingerprint density at radius 1 is 1.60 bits per heavy atom. The maximum absolute atomic E-state index is 12.1. The lowest BCUT2D eigenvalue weighted by atomic mass is 10.2.